The standard InChI is InChI=1S/C30H21NO5.C2H6O/c1-31-29-16-30(34)27-13-12-26(15-28(27)29)36-24-9-4-20(5-10-24)19-2-7-23(8-3-19)35-25-11-6-21(17-32)22(14-25)18-33;1-3-2/h2-15,17-18H,16H2,1H3;1-2H3. The zero-order valence-corrected chi connectivity index (χ0v) is 21.8. The number of carbonyl (C=O) groups excluding carboxylic acids is 3. The molecule has 0 atom stereocenters. The van der Waals surface area contributed by atoms with Crippen molar-refractivity contribution in [3.05, 3.63) is 107 Å². The van der Waals surface area contributed by atoms with E-state index in [1.165, 1.54) is 6.07 Å². The summed E-state index contributed by atoms with van der Waals surface area (Å²) in [6.07, 6.45) is 1.61. The van der Waals surface area contributed by atoms with Gasteiger partial charge in [0.05, 0.1) is 12.1 Å². The Hall–Kier alpha value is -4.88. The molecule has 1 aliphatic rings. The van der Waals surface area contributed by atoms with Gasteiger partial charge in [-0.1, -0.05) is 24.3 Å². The predicted molar refractivity (Wildman–Crippen MR) is 150 cm³/mol. The Balaban J connectivity index is 0.00000112. The second kappa shape index (κ2) is 12.6. The fourth-order valence-electron chi connectivity index (χ4n) is 4.14. The smallest absolute Gasteiger partial charge is 0.169 e. The van der Waals surface area contributed by atoms with Crippen molar-refractivity contribution in [2.45, 2.75) is 6.42 Å². The topological polar surface area (TPSA) is 91.3 Å². The van der Waals surface area contributed by atoms with E-state index in [-0.39, 0.29) is 11.3 Å². The Labute approximate surface area is 226 Å². The second-order valence-corrected chi connectivity index (χ2v) is 8.67. The Kier molecular flexibility index (Phi) is 8.76. The van der Waals surface area contributed by atoms with Crippen molar-refractivity contribution < 1.29 is 28.6 Å². The molecule has 4 aromatic rings. The fraction of sp³-hybridized carbons (Fsp3) is 0.125. The first-order chi connectivity index (χ1) is 19.0. The number of aldehydes is 2. The minimum atomic E-state index is 0.0828. The maximum Gasteiger partial charge on any atom is 0.169 e. The van der Waals surface area contributed by atoms with E-state index in [1.807, 2.05) is 54.6 Å². The van der Waals surface area contributed by atoms with Crippen molar-refractivity contribution in [1.29, 1.82) is 0 Å². The number of nitrogens with zero attached hydrogens (tertiary/aromatic N) is 1. The molecule has 0 aromatic heterocycles. The molecule has 0 spiro atoms. The summed E-state index contributed by atoms with van der Waals surface area (Å²) in [4.78, 5) is 38.5. The third-order valence-corrected chi connectivity index (χ3v) is 6.03. The monoisotopic (exact) mass is 521 g/mol. The number of ether oxygens (including phenoxy) is 3. The number of rotatable bonds is 7. The van der Waals surface area contributed by atoms with Crippen LogP contribution >= 0.6 is 0 Å². The molecule has 0 bridgehead atoms. The van der Waals surface area contributed by atoms with Crippen molar-refractivity contribution in [3.8, 4) is 34.1 Å². The van der Waals surface area contributed by atoms with E-state index >= 15 is 0 Å². The van der Waals surface area contributed by atoms with Crippen LogP contribution in [-0.4, -0.2) is 45.3 Å². The van der Waals surface area contributed by atoms with E-state index in [0.717, 1.165) is 22.4 Å². The quantitative estimate of drug-likeness (QED) is 0.248. The average Bonchev–Trinajstić information content (AvgIpc) is 3.29. The van der Waals surface area contributed by atoms with Gasteiger partial charge in [-0.2, -0.15) is 0 Å². The third-order valence-electron chi connectivity index (χ3n) is 6.03. The van der Waals surface area contributed by atoms with Crippen LogP contribution in [0.5, 0.6) is 23.0 Å². The molecular weight excluding hydrogens is 494 g/mol. The maximum absolute atomic E-state index is 12.1. The van der Waals surface area contributed by atoms with Crippen LogP contribution in [0, 0.1) is 0 Å². The molecule has 1 aliphatic carbocycles. The highest BCUT2D eigenvalue weighted by Crippen LogP contribution is 2.31. The summed E-state index contributed by atoms with van der Waals surface area (Å²) in [5, 5.41) is 0. The van der Waals surface area contributed by atoms with Gasteiger partial charge in [-0.3, -0.25) is 19.4 Å². The van der Waals surface area contributed by atoms with Crippen LogP contribution in [0.2, 0.25) is 0 Å². The third kappa shape index (κ3) is 6.34. The molecule has 39 heavy (non-hydrogen) atoms. The van der Waals surface area contributed by atoms with Crippen LogP contribution in [0.25, 0.3) is 11.1 Å². The number of methoxy groups -OCH3 is 1. The van der Waals surface area contributed by atoms with Crippen LogP contribution in [0.3, 0.4) is 0 Å². The van der Waals surface area contributed by atoms with Gasteiger partial charge in [0.1, 0.15) is 23.0 Å². The van der Waals surface area contributed by atoms with Gasteiger partial charge in [0.15, 0.2) is 18.4 Å². The Morgan fingerprint density at radius 1 is 0.641 bits per heavy atom. The molecule has 196 valence electrons. The number of benzene rings is 4. The minimum absolute atomic E-state index is 0.0828. The van der Waals surface area contributed by atoms with Gasteiger partial charge in [-0.05, 0) is 71.8 Å². The first kappa shape index (κ1) is 27.2. The van der Waals surface area contributed by atoms with Crippen molar-refractivity contribution >= 4 is 24.1 Å². The number of hydrogen-bond donors (Lipinski definition) is 0. The van der Waals surface area contributed by atoms with Crippen molar-refractivity contribution in [2.24, 2.45) is 4.99 Å². The lowest BCUT2D eigenvalue weighted by atomic mass is 10.1. The predicted octanol–water partition coefficient (Wildman–Crippen LogP) is 6.83. The summed E-state index contributed by atoms with van der Waals surface area (Å²) < 4.78 is 16.1. The molecule has 0 heterocycles. The van der Waals surface area contributed by atoms with Gasteiger partial charge in [0, 0.05) is 43.5 Å². The van der Waals surface area contributed by atoms with Crippen molar-refractivity contribution in [1.82, 2.24) is 0 Å². The number of ketones is 1. The van der Waals surface area contributed by atoms with E-state index in [0.29, 0.717) is 53.1 Å². The summed E-state index contributed by atoms with van der Waals surface area (Å²) in [5.74, 6) is 2.50. The normalized spacial score (nSPS) is 12.8. The molecule has 0 amide bonds. The lowest BCUT2D eigenvalue weighted by Crippen LogP contribution is -1.95. The van der Waals surface area contributed by atoms with Gasteiger partial charge < -0.3 is 14.2 Å². The highest BCUT2D eigenvalue weighted by atomic mass is 16.5. The van der Waals surface area contributed by atoms with Crippen molar-refractivity contribution in [3.63, 3.8) is 0 Å². The first-order valence-electron chi connectivity index (χ1n) is 12.1. The number of aliphatic imine (C=N–C) groups is 1. The fourth-order valence-corrected chi connectivity index (χ4v) is 4.14. The minimum Gasteiger partial charge on any atom is -0.457 e. The van der Waals surface area contributed by atoms with Crippen LogP contribution in [-0.2, 0) is 4.74 Å². The summed E-state index contributed by atoms with van der Waals surface area (Å²) in [7, 11) is 4.94. The molecule has 0 unspecified atom stereocenters. The second-order valence-electron chi connectivity index (χ2n) is 8.67. The number of Topliss-reactive ketones (excluding diaryl/α,β-unsaturated/α-hetero) is 1. The number of fused-ring (bicyclic) bond motifs is 1. The highest BCUT2D eigenvalue weighted by molar-refractivity contribution is 6.26. The Morgan fingerprint density at radius 3 is 1.64 bits per heavy atom. The van der Waals surface area contributed by atoms with Gasteiger partial charge >= 0.3 is 0 Å². The zero-order valence-electron chi connectivity index (χ0n) is 21.8. The van der Waals surface area contributed by atoms with Crippen LogP contribution in [0.4, 0.5) is 0 Å². The maximum atomic E-state index is 12.1. The van der Waals surface area contributed by atoms with E-state index in [1.54, 1.807) is 45.5 Å². The summed E-state index contributed by atoms with van der Waals surface area (Å²) in [6.45, 7) is 0. The summed E-state index contributed by atoms with van der Waals surface area (Å²) in [6, 6.07) is 25.5. The number of carbonyl (C=O) groups is 3. The molecule has 7 heteroatoms. The Morgan fingerprint density at radius 2 is 1.13 bits per heavy atom. The van der Waals surface area contributed by atoms with Crippen LogP contribution < -0.4 is 9.47 Å². The molecule has 0 radical (unpaired) electrons. The van der Waals surface area contributed by atoms with Crippen LogP contribution in [0.15, 0.2) is 89.9 Å². The van der Waals surface area contributed by atoms with Gasteiger partial charge in [-0.25, -0.2) is 0 Å². The molecule has 5 rings (SSSR count). The molecule has 0 N–H and O–H groups in total. The van der Waals surface area contributed by atoms with E-state index in [9.17, 15) is 14.4 Å². The van der Waals surface area contributed by atoms with Gasteiger partial charge in [-0.15, -0.1) is 0 Å². The lowest BCUT2D eigenvalue weighted by Gasteiger charge is -2.10. The SMILES string of the molecule is CN=C1CC(=O)c2ccc(Oc3ccc(-c4ccc(Oc5ccc(C=O)c(C=O)c5)cc4)cc3)cc21.COC. The summed E-state index contributed by atoms with van der Waals surface area (Å²) in [5.41, 5.74) is 4.92. The lowest BCUT2D eigenvalue weighted by molar-refractivity contribution is 0.100. The van der Waals surface area contributed by atoms with E-state index < -0.39 is 0 Å². The van der Waals surface area contributed by atoms with E-state index in [2.05, 4.69) is 9.73 Å². The zero-order chi connectivity index (χ0) is 27.8. The molecular formula is C32H27NO6. The van der Waals surface area contributed by atoms with Gasteiger partial charge in [0.25, 0.3) is 0 Å². The first-order valence-corrected chi connectivity index (χ1v) is 12.1. The number of hydrogen-bond acceptors (Lipinski definition) is 7. The molecule has 0 aliphatic heterocycles. The average molecular weight is 522 g/mol. The molecule has 7 nitrogen and oxygen atoms in total. The summed E-state index contributed by atoms with van der Waals surface area (Å²) >= 11 is 0. The molecule has 0 fully saturated rings. The van der Waals surface area contributed by atoms with Crippen molar-refractivity contribution in [2.75, 3.05) is 21.3 Å². The molecule has 0 saturated heterocycles. The molecule has 0 saturated carbocycles. The largest absolute Gasteiger partial charge is 0.457 e. The molecule has 4 aromatic carbocycles. The van der Waals surface area contributed by atoms with E-state index in [4.69, 9.17) is 9.47 Å². The Bertz CT molecular complexity index is 1520. The highest BCUT2D eigenvalue weighted by Gasteiger charge is 2.25. The van der Waals surface area contributed by atoms with Gasteiger partial charge in [0.2, 0.25) is 0 Å². The van der Waals surface area contributed by atoms with Crippen LogP contribution in [0.1, 0.15) is 43.1 Å².